The van der Waals surface area contributed by atoms with Crippen LogP contribution in [0.25, 0.3) is 0 Å². The zero-order chi connectivity index (χ0) is 9.97. The van der Waals surface area contributed by atoms with Crippen LogP contribution in [0.3, 0.4) is 0 Å². The molecular weight excluding hydrogens is 196 g/mol. The van der Waals surface area contributed by atoms with E-state index in [1.54, 1.807) is 0 Å². The maximum absolute atomic E-state index is 5.96. The second-order valence-electron chi connectivity index (χ2n) is 3.78. The topological polar surface area (TPSA) is 15.3 Å². The molecule has 1 heterocycles. The number of hydrogen-bond donors (Lipinski definition) is 1. The number of benzene rings is 1. The second kappa shape index (κ2) is 4.20. The van der Waals surface area contributed by atoms with E-state index in [9.17, 15) is 0 Å². The first-order valence-corrected chi connectivity index (χ1v) is 5.37. The summed E-state index contributed by atoms with van der Waals surface area (Å²) < 4.78 is 0. The number of piperazine rings is 1. The zero-order valence-electron chi connectivity index (χ0n) is 8.33. The molecule has 0 aliphatic carbocycles. The van der Waals surface area contributed by atoms with Crippen LogP contribution in [0.15, 0.2) is 24.3 Å². The number of nitrogens with zero attached hydrogens (tertiary/aromatic N) is 1. The van der Waals surface area contributed by atoms with Gasteiger partial charge >= 0.3 is 0 Å². The SMILES string of the molecule is C[C@@H]1CN(c2cccc(Cl)c2)CCN1. The lowest BCUT2D eigenvalue weighted by Crippen LogP contribution is -2.49. The molecule has 1 saturated heterocycles. The molecule has 1 fully saturated rings. The van der Waals surface area contributed by atoms with E-state index in [1.807, 2.05) is 18.2 Å². The first-order chi connectivity index (χ1) is 6.75. The molecule has 14 heavy (non-hydrogen) atoms. The summed E-state index contributed by atoms with van der Waals surface area (Å²) in [7, 11) is 0. The highest BCUT2D eigenvalue weighted by atomic mass is 35.5. The van der Waals surface area contributed by atoms with Gasteiger partial charge in [0.1, 0.15) is 0 Å². The molecule has 76 valence electrons. The Bertz CT molecular complexity index is 314. The fourth-order valence-corrected chi connectivity index (χ4v) is 2.02. The fraction of sp³-hybridized carbons (Fsp3) is 0.455. The van der Waals surface area contributed by atoms with Crippen LogP contribution in [-0.2, 0) is 0 Å². The van der Waals surface area contributed by atoms with Crippen molar-refractivity contribution in [2.75, 3.05) is 24.5 Å². The summed E-state index contributed by atoms with van der Waals surface area (Å²) >= 11 is 5.96. The summed E-state index contributed by atoms with van der Waals surface area (Å²) in [5.41, 5.74) is 1.23. The largest absolute Gasteiger partial charge is 0.369 e. The van der Waals surface area contributed by atoms with E-state index in [0.29, 0.717) is 6.04 Å². The molecule has 0 unspecified atom stereocenters. The molecular formula is C11H15ClN2. The fourth-order valence-electron chi connectivity index (χ4n) is 1.84. The summed E-state index contributed by atoms with van der Waals surface area (Å²) in [5.74, 6) is 0. The van der Waals surface area contributed by atoms with Crippen LogP contribution in [0, 0.1) is 0 Å². The minimum absolute atomic E-state index is 0.558. The Hall–Kier alpha value is -0.730. The summed E-state index contributed by atoms with van der Waals surface area (Å²) in [5, 5.41) is 4.24. The average molecular weight is 211 g/mol. The van der Waals surface area contributed by atoms with Crippen LogP contribution in [-0.4, -0.2) is 25.7 Å². The number of halogens is 1. The zero-order valence-corrected chi connectivity index (χ0v) is 9.09. The minimum atomic E-state index is 0.558. The van der Waals surface area contributed by atoms with E-state index < -0.39 is 0 Å². The maximum atomic E-state index is 5.96. The Morgan fingerprint density at radius 2 is 2.36 bits per heavy atom. The van der Waals surface area contributed by atoms with Crippen molar-refractivity contribution in [3.63, 3.8) is 0 Å². The van der Waals surface area contributed by atoms with E-state index in [4.69, 9.17) is 11.6 Å². The van der Waals surface area contributed by atoms with Gasteiger partial charge in [0.05, 0.1) is 0 Å². The Balaban J connectivity index is 2.14. The lowest BCUT2D eigenvalue weighted by molar-refractivity contribution is 0.485. The van der Waals surface area contributed by atoms with Gasteiger partial charge in [-0.25, -0.2) is 0 Å². The van der Waals surface area contributed by atoms with Crippen LogP contribution in [0.4, 0.5) is 5.69 Å². The van der Waals surface area contributed by atoms with Gasteiger partial charge in [0.15, 0.2) is 0 Å². The highest BCUT2D eigenvalue weighted by Crippen LogP contribution is 2.20. The van der Waals surface area contributed by atoms with Crippen LogP contribution >= 0.6 is 11.6 Å². The van der Waals surface area contributed by atoms with Gasteiger partial charge in [0.2, 0.25) is 0 Å². The highest BCUT2D eigenvalue weighted by Gasteiger charge is 2.15. The van der Waals surface area contributed by atoms with E-state index >= 15 is 0 Å². The molecule has 2 nitrogen and oxygen atoms in total. The van der Waals surface area contributed by atoms with Crippen molar-refractivity contribution in [3.05, 3.63) is 29.3 Å². The summed E-state index contributed by atoms with van der Waals surface area (Å²) in [6.45, 7) is 5.37. The number of hydrogen-bond acceptors (Lipinski definition) is 2. The molecule has 0 radical (unpaired) electrons. The van der Waals surface area contributed by atoms with Crippen LogP contribution < -0.4 is 10.2 Å². The van der Waals surface area contributed by atoms with Crippen molar-refractivity contribution in [1.29, 1.82) is 0 Å². The van der Waals surface area contributed by atoms with Crippen molar-refractivity contribution in [2.24, 2.45) is 0 Å². The Labute approximate surface area is 89.9 Å². The molecule has 1 aliphatic rings. The average Bonchev–Trinajstić information content (AvgIpc) is 2.18. The molecule has 0 bridgehead atoms. The van der Waals surface area contributed by atoms with Gasteiger partial charge in [-0.1, -0.05) is 17.7 Å². The van der Waals surface area contributed by atoms with Crippen LogP contribution in [0.5, 0.6) is 0 Å². The minimum Gasteiger partial charge on any atom is -0.369 e. The van der Waals surface area contributed by atoms with Gasteiger partial charge < -0.3 is 10.2 Å². The van der Waals surface area contributed by atoms with Crippen molar-refractivity contribution in [2.45, 2.75) is 13.0 Å². The van der Waals surface area contributed by atoms with Gasteiger partial charge in [0, 0.05) is 36.4 Å². The Kier molecular flexibility index (Phi) is 2.94. The quantitative estimate of drug-likeness (QED) is 0.764. The van der Waals surface area contributed by atoms with Crippen molar-refractivity contribution >= 4 is 17.3 Å². The van der Waals surface area contributed by atoms with Crippen molar-refractivity contribution in [3.8, 4) is 0 Å². The van der Waals surface area contributed by atoms with Gasteiger partial charge in [0.25, 0.3) is 0 Å². The molecule has 0 spiro atoms. The standard InChI is InChI=1S/C11H15ClN2/c1-9-8-14(6-5-13-9)11-4-2-3-10(12)7-11/h2-4,7,9,13H,5-6,8H2,1H3/t9-/m1/s1. The van der Waals surface area contributed by atoms with E-state index in [2.05, 4.69) is 23.2 Å². The summed E-state index contributed by atoms with van der Waals surface area (Å²) in [6, 6.07) is 8.62. The molecule has 3 heteroatoms. The third kappa shape index (κ3) is 2.20. The summed E-state index contributed by atoms with van der Waals surface area (Å²) in [6.07, 6.45) is 0. The predicted octanol–water partition coefficient (Wildman–Crippen LogP) is 2.14. The Morgan fingerprint density at radius 1 is 1.50 bits per heavy atom. The number of anilines is 1. The Morgan fingerprint density at radius 3 is 3.07 bits per heavy atom. The third-order valence-electron chi connectivity index (χ3n) is 2.54. The van der Waals surface area contributed by atoms with Crippen molar-refractivity contribution < 1.29 is 0 Å². The first-order valence-electron chi connectivity index (χ1n) is 4.99. The van der Waals surface area contributed by atoms with Crippen LogP contribution in [0.2, 0.25) is 5.02 Å². The van der Waals surface area contributed by atoms with Gasteiger partial charge in [-0.2, -0.15) is 0 Å². The lowest BCUT2D eigenvalue weighted by atomic mass is 10.2. The number of nitrogens with one attached hydrogen (secondary N) is 1. The molecule has 0 saturated carbocycles. The lowest BCUT2D eigenvalue weighted by Gasteiger charge is -2.33. The maximum Gasteiger partial charge on any atom is 0.0426 e. The van der Waals surface area contributed by atoms with Crippen molar-refractivity contribution in [1.82, 2.24) is 5.32 Å². The smallest absolute Gasteiger partial charge is 0.0426 e. The molecule has 0 aromatic heterocycles. The van der Waals surface area contributed by atoms with E-state index in [-0.39, 0.29) is 0 Å². The number of rotatable bonds is 1. The molecule has 2 rings (SSSR count). The van der Waals surface area contributed by atoms with E-state index in [0.717, 1.165) is 24.7 Å². The third-order valence-corrected chi connectivity index (χ3v) is 2.78. The summed E-state index contributed by atoms with van der Waals surface area (Å²) in [4.78, 5) is 2.37. The monoisotopic (exact) mass is 210 g/mol. The highest BCUT2D eigenvalue weighted by molar-refractivity contribution is 6.30. The van der Waals surface area contributed by atoms with E-state index in [1.165, 1.54) is 5.69 Å². The molecule has 0 amide bonds. The second-order valence-corrected chi connectivity index (χ2v) is 4.22. The van der Waals surface area contributed by atoms with Gasteiger partial charge in [-0.3, -0.25) is 0 Å². The first kappa shape index (κ1) is 9.81. The normalized spacial score (nSPS) is 22.4. The van der Waals surface area contributed by atoms with Crippen LogP contribution in [0.1, 0.15) is 6.92 Å². The molecule has 1 aromatic rings. The predicted molar refractivity (Wildman–Crippen MR) is 61.1 cm³/mol. The molecule has 1 aliphatic heterocycles. The molecule has 1 aromatic carbocycles. The molecule has 1 atom stereocenters. The molecule has 1 N–H and O–H groups in total. The van der Waals surface area contributed by atoms with Gasteiger partial charge in [-0.05, 0) is 25.1 Å². The van der Waals surface area contributed by atoms with Gasteiger partial charge in [-0.15, -0.1) is 0 Å².